The largest absolute Gasteiger partial charge is 0.362 e. The fourth-order valence-corrected chi connectivity index (χ4v) is 2.85. The summed E-state index contributed by atoms with van der Waals surface area (Å²) in [6, 6.07) is 0. The summed E-state index contributed by atoms with van der Waals surface area (Å²) < 4.78 is 1.52. The second-order valence-corrected chi connectivity index (χ2v) is 5.66. The Labute approximate surface area is 94.3 Å². The summed E-state index contributed by atoms with van der Waals surface area (Å²) in [5.74, 6) is 0.0740. The van der Waals surface area contributed by atoms with Crippen LogP contribution >= 0.6 is 23.1 Å². The van der Waals surface area contributed by atoms with Crippen molar-refractivity contribution in [3.63, 3.8) is 0 Å². The molecular weight excluding hydrogens is 234 g/mol. The van der Waals surface area contributed by atoms with Gasteiger partial charge in [0, 0.05) is 10.6 Å². The van der Waals surface area contributed by atoms with Gasteiger partial charge in [0.25, 0.3) is 4.96 Å². The van der Waals surface area contributed by atoms with Crippen molar-refractivity contribution in [2.45, 2.75) is 24.1 Å². The van der Waals surface area contributed by atoms with Crippen LogP contribution in [-0.2, 0) is 0 Å². The molecule has 0 saturated carbocycles. The van der Waals surface area contributed by atoms with Gasteiger partial charge in [-0.1, -0.05) is 36.9 Å². The molecule has 0 saturated heterocycles. The van der Waals surface area contributed by atoms with Crippen molar-refractivity contribution < 1.29 is 4.92 Å². The molecule has 0 aliphatic rings. The molecule has 0 fully saturated rings. The minimum Gasteiger partial charge on any atom is -0.358 e. The number of rotatable bonds is 3. The third-order valence-corrected chi connectivity index (χ3v) is 3.45. The molecule has 5 nitrogen and oxygen atoms in total. The van der Waals surface area contributed by atoms with Crippen LogP contribution in [0.4, 0.5) is 5.82 Å². The van der Waals surface area contributed by atoms with E-state index in [1.165, 1.54) is 27.5 Å². The maximum atomic E-state index is 10.9. The lowest BCUT2D eigenvalue weighted by Crippen LogP contribution is -1.95. The van der Waals surface area contributed by atoms with Gasteiger partial charge in [-0.25, -0.2) is 0 Å². The quantitative estimate of drug-likeness (QED) is 0.472. The van der Waals surface area contributed by atoms with Gasteiger partial charge in [-0.05, 0) is 4.92 Å². The number of imidazole rings is 1. The lowest BCUT2D eigenvalue weighted by molar-refractivity contribution is -0.393. The van der Waals surface area contributed by atoms with Gasteiger partial charge >= 0.3 is 5.82 Å². The predicted molar refractivity (Wildman–Crippen MR) is 60.7 cm³/mol. The van der Waals surface area contributed by atoms with E-state index in [-0.39, 0.29) is 16.0 Å². The number of aromatic nitrogens is 2. The first kappa shape index (κ1) is 10.4. The van der Waals surface area contributed by atoms with E-state index in [4.69, 9.17) is 0 Å². The standard InChI is InChI=1S/C8H9N3O2S2/c1-5(2)15-6-7(11(12)13)10-3-4-14-8(10)9-6/h3-5H,1-2H3. The fourth-order valence-electron chi connectivity index (χ4n) is 1.22. The summed E-state index contributed by atoms with van der Waals surface area (Å²) >= 11 is 2.82. The molecule has 0 aromatic carbocycles. The smallest absolute Gasteiger partial charge is 0.358 e. The number of hydrogen-bond donors (Lipinski definition) is 0. The molecule has 0 N–H and O–H groups in total. The summed E-state index contributed by atoms with van der Waals surface area (Å²) in [6.45, 7) is 3.98. The van der Waals surface area contributed by atoms with Crippen molar-refractivity contribution in [3.05, 3.63) is 21.7 Å². The highest BCUT2D eigenvalue weighted by Gasteiger charge is 2.24. The normalized spacial score (nSPS) is 11.4. The van der Waals surface area contributed by atoms with Gasteiger partial charge < -0.3 is 10.1 Å². The Morgan fingerprint density at radius 3 is 3.00 bits per heavy atom. The van der Waals surface area contributed by atoms with Crippen LogP contribution in [0.15, 0.2) is 16.6 Å². The molecule has 0 unspecified atom stereocenters. The minimum atomic E-state index is -0.378. The third-order valence-electron chi connectivity index (χ3n) is 1.73. The Kier molecular flexibility index (Phi) is 2.66. The van der Waals surface area contributed by atoms with E-state index in [0.29, 0.717) is 9.99 Å². The van der Waals surface area contributed by atoms with Crippen LogP contribution < -0.4 is 0 Å². The van der Waals surface area contributed by atoms with Crippen molar-refractivity contribution in [2.24, 2.45) is 0 Å². The van der Waals surface area contributed by atoms with Crippen LogP contribution in [-0.4, -0.2) is 19.6 Å². The molecule has 0 atom stereocenters. The Morgan fingerprint density at radius 1 is 1.67 bits per heavy atom. The van der Waals surface area contributed by atoms with Gasteiger partial charge in [-0.15, -0.1) is 0 Å². The van der Waals surface area contributed by atoms with Crippen molar-refractivity contribution in [3.8, 4) is 0 Å². The molecule has 2 aromatic rings. The van der Waals surface area contributed by atoms with E-state index in [2.05, 4.69) is 4.98 Å². The maximum Gasteiger partial charge on any atom is 0.362 e. The monoisotopic (exact) mass is 243 g/mol. The Morgan fingerprint density at radius 2 is 2.40 bits per heavy atom. The van der Waals surface area contributed by atoms with Gasteiger partial charge in [0.15, 0.2) is 5.03 Å². The summed E-state index contributed by atoms with van der Waals surface area (Å²) in [4.78, 5) is 15.4. The molecule has 2 heterocycles. The van der Waals surface area contributed by atoms with Crippen LogP contribution in [0.25, 0.3) is 4.96 Å². The first-order valence-corrected chi connectivity index (χ1v) is 6.12. The number of thiazole rings is 1. The maximum absolute atomic E-state index is 10.9. The van der Waals surface area contributed by atoms with Gasteiger partial charge in [0.1, 0.15) is 6.20 Å². The zero-order chi connectivity index (χ0) is 11.0. The number of hydrogen-bond acceptors (Lipinski definition) is 5. The van der Waals surface area contributed by atoms with Crippen molar-refractivity contribution in [2.75, 3.05) is 0 Å². The minimum absolute atomic E-state index is 0.0740. The second-order valence-electron chi connectivity index (χ2n) is 3.22. The highest BCUT2D eigenvalue weighted by molar-refractivity contribution is 7.99. The van der Waals surface area contributed by atoms with Crippen molar-refractivity contribution in [1.29, 1.82) is 0 Å². The molecule has 0 spiro atoms. The summed E-state index contributed by atoms with van der Waals surface area (Å²) in [7, 11) is 0. The molecule has 80 valence electrons. The van der Waals surface area contributed by atoms with E-state index in [1.807, 2.05) is 13.8 Å². The second kappa shape index (κ2) is 3.82. The highest BCUT2D eigenvalue weighted by atomic mass is 32.2. The average Bonchev–Trinajstić information content (AvgIpc) is 2.60. The topological polar surface area (TPSA) is 60.4 Å². The van der Waals surface area contributed by atoms with Gasteiger partial charge in [-0.3, -0.25) is 0 Å². The fraction of sp³-hybridized carbons (Fsp3) is 0.375. The zero-order valence-corrected chi connectivity index (χ0v) is 9.84. The van der Waals surface area contributed by atoms with E-state index in [1.54, 1.807) is 11.6 Å². The Bertz CT molecular complexity index is 503. The van der Waals surface area contributed by atoms with Crippen LogP contribution in [0.1, 0.15) is 13.8 Å². The summed E-state index contributed by atoms with van der Waals surface area (Å²) in [5, 5.41) is 13.5. The van der Waals surface area contributed by atoms with Crippen molar-refractivity contribution >= 4 is 33.9 Å². The first-order valence-electron chi connectivity index (χ1n) is 4.36. The lowest BCUT2D eigenvalue weighted by atomic mass is 10.6. The number of thioether (sulfide) groups is 1. The number of nitro groups is 1. The highest BCUT2D eigenvalue weighted by Crippen LogP contribution is 2.33. The van der Waals surface area contributed by atoms with E-state index < -0.39 is 0 Å². The molecular formula is C8H9N3O2S2. The van der Waals surface area contributed by atoms with E-state index >= 15 is 0 Å². The molecule has 0 aliphatic carbocycles. The molecule has 2 rings (SSSR count). The van der Waals surface area contributed by atoms with Gasteiger partial charge in [0.2, 0.25) is 0 Å². The molecule has 0 aliphatic heterocycles. The summed E-state index contributed by atoms with van der Waals surface area (Å²) in [6.07, 6.45) is 1.68. The molecule has 15 heavy (non-hydrogen) atoms. The molecule has 7 heteroatoms. The molecule has 0 amide bonds. The third kappa shape index (κ3) is 1.84. The molecule has 0 radical (unpaired) electrons. The predicted octanol–water partition coefficient (Wildman–Crippen LogP) is 2.80. The van der Waals surface area contributed by atoms with Crippen LogP contribution in [0.3, 0.4) is 0 Å². The lowest BCUT2D eigenvalue weighted by Gasteiger charge is -2.00. The number of nitrogens with zero attached hydrogens (tertiary/aromatic N) is 3. The molecule has 2 aromatic heterocycles. The van der Waals surface area contributed by atoms with E-state index in [9.17, 15) is 10.1 Å². The average molecular weight is 243 g/mol. The van der Waals surface area contributed by atoms with E-state index in [0.717, 1.165) is 0 Å². The van der Waals surface area contributed by atoms with Crippen LogP contribution in [0.5, 0.6) is 0 Å². The van der Waals surface area contributed by atoms with Crippen LogP contribution in [0.2, 0.25) is 0 Å². The van der Waals surface area contributed by atoms with Gasteiger partial charge in [0.05, 0.1) is 0 Å². The summed E-state index contributed by atoms with van der Waals surface area (Å²) in [5.41, 5.74) is 0. The van der Waals surface area contributed by atoms with Gasteiger partial charge in [-0.2, -0.15) is 9.38 Å². The Balaban J connectivity index is 2.57. The SMILES string of the molecule is CC(C)Sc1nc2sccn2c1[N+](=O)[O-]. The first-order chi connectivity index (χ1) is 7.09. The number of fused-ring (bicyclic) bond motifs is 1. The zero-order valence-electron chi connectivity index (χ0n) is 8.21. The molecule has 0 bridgehead atoms. The van der Waals surface area contributed by atoms with Crippen LogP contribution in [0, 0.1) is 10.1 Å². The Hall–Kier alpha value is -1.08. The van der Waals surface area contributed by atoms with Crippen molar-refractivity contribution in [1.82, 2.24) is 9.38 Å².